The molecule has 1 N–H and O–H groups in total. The maximum absolute atomic E-state index is 13.2. The summed E-state index contributed by atoms with van der Waals surface area (Å²) in [6.45, 7) is 1.89. The molecule has 0 atom stereocenters. The topological polar surface area (TPSA) is 83.8 Å². The lowest BCUT2D eigenvalue weighted by atomic mass is 9.98. The molecule has 6 nitrogen and oxygen atoms in total. The Kier molecular flexibility index (Phi) is 3.18. The van der Waals surface area contributed by atoms with Crippen molar-refractivity contribution in [3.63, 3.8) is 0 Å². The fraction of sp³-hybridized carbons (Fsp3) is 0.118. The molecule has 8 heteroatoms. The quantitative estimate of drug-likeness (QED) is 0.770. The van der Waals surface area contributed by atoms with Crippen LogP contribution in [0.2, 0.25) is 0 Å². The molecular weight excluding hydrogens is 330 g/mol. The van der Waals surface area contributed by atoms with Crippen LogP contribution in [-0.2, 0) is 0 Å². The first-order chi connectivity index (χ1) is 11.9. The Bertz CT molecular complexity index is 1020. The van der Waals surface area contributed by atoms with Crippen molar-refractivity contribution in [1.29, 1.82) is 5.26 Å². The van der Waals surface area contributed by atoms with Crippen molar-refractivity contribution >= 4 is 0 Å². The molecule has 0 unspecified atom stereocenters. The maximum Gasteiger partial charge on any atom is 0.586 e. The first-order valence-corrected chi connectivity index (χ1v) is 7.29. The molecule has 3 aromatic rings. The summed E-state index contributed by atoms with van der Waals surface area (Å²) in [6, 6.07) is 12.1. The molecule has 0 spiro atoms. The van der Waals surface area contributed by atoms with Crippen LogP contribution in [0.4, 0.5) is 8.78 Å². The lowest BCUT2D eigenvalue weighted by Gasteiger charge is -2.07. The van der Waals surface area contributed by atoms with Crippen LogP contribution in [-0.4, -0.2) is 21.7 Å². The van der Waals surface area contributed by atoms with Gasteiger partial charge in [0.25, 0.3) is 0 Å². The zero-order valence-electron chi connectivity index (χ0n) is 12.9. The van der Waals surface area contributed by atoms with Crippen molar-refractivity contribution in [3.05, 3.63) is 47.7 Å². The number of nitrogens with zero attached hydrogens (tertiary/aromatic N) is 3. The molecule has 0 fully saturated rings. The summed E-state index contributed by atoms with van der Waals surface area (Å²) < 4.78 is 35.3. The van der Waals surface area contributed by atoms with Crippen molar-refractivity contribution in [3.8, 4) is 40.0 Å². The monoisotopic (exact) mass is 340 g/mol. The van der Waals surface area contributed by atoms with E-state index in [1.807, 2.05) is 25.1 Å². The molecule has 1 aliphatic heterocycles. The van der Waals surface area contributed by atoms with Gasteiger partial charge in [-0.1, -0.05) is 17.3 Å². The minimum absolute atomic E-state index is 0.00936. The number of aromatic amines is 1. The van der Waals surface area contributed by atoms with Gasteiger partial charge >= 0.3 is 6.29 Å². The number of aromatic nitrogens is 3. The van der Waals surface area contributed by atoms with E-state index in [0.29, 0.717) is 16.8 Å². The highest BCUT2D eigenvalue weighted by Gasteiger charge is 2.43. The Labute approximate surface area is 140 Å². The summed E-state index contributed by atoms with van der Waals surface area (Å²) in [4.78, 5) is 0. The summed E-state index contributed by atoms with van der Waals surface area (Å²) in [6.07, 6.45) is -3.65. The van der Waals surface area contributed by atoms with Gasteiger partial charge in [0.1, 0.15) is 11.8 Å². The molecule has 25 heavy (non-hydrogen) atoms. The van der Waals surface area contributed by atoms with Crippen LogP contribution in [0.3, 0.4) is 0 Å². The number of hydrogen-bond acceptors (Lipinski definition) is 5. The highest BCUT2D eigenvalue weighted by molar-refractivity contribution is 5.75. The second-order valence-electron chi connectivity index (χ2n) is 5.56. The lowest BCUT2D eigenvalue weighted by Crippen LogP contribution is -2.25. The number of H-pyrrole nitrogens is 1. The number of halogens is 2. The second-order valence-corrected chi connectivity index (χ2v) is 5.56. The van der Waals surface area contributed by atoms with E-state index >= 15 is 0 Å². The van der Waals surface area contributed by atoms with E-state index in [4.69, 9.17) is 5.26 Å². The van der Waals surface area contributed by atoms with E-state index in [-0.39, 0.29) is 17.2 Å². The van der Waals surface area contributed by atoms with Crippen molar-refractivity contribution in [2.24, 2.45) is 0 Å². The maximum atomic E-state index is 13.2. The number of aryl methyl sites for hydroxylation is 1. The fourth-order valence-corrected chi connectivity index (χ4v) is 2.72. The molecule has 0 amide bonds. The number of ether oxygens (including phenoxy) is 2. The third-order valence-electron chi connectivity index (χ3n) is 3.75. The molecule has 1 aliphatic rings. The van der Waals surface area contributed by atoms with Gasteiger partial charge < -0.3 is 9.47 Å². The third-order valence-corrected chi connectivity index (χ3v) is 3.75. The molecule has 0 saturated carbocycles. The minimum Gasteiger partial charge on any atom is -0.395 e. The smallest absolute Gasteiger partial charge is 0.395 e. The standard InChI is InChI=1S/C17H10F2N4O2/c1-9-4-11(6-12(5-9)16-13(8-20)21-23-22-16)10-2-3-14-15(7-10)25-17(18,19)24-14/h2-7H,1H3,(H,21,22,23). The molecule has 124 valence electrons. The van der Waals surface area contributed by atoms with Crippen LogP contribution >= 0.6 is 0 Å². The van der Waals surface area contributed by atoms with Crippen LogP contribution < -0.4 is 9.47 Å². The third kappa shape index (κ3) is 2.65. The van der Waals surface area contributed by atoms with E-state index in [1.54, 1.807) is 12.1 Å². The molecule has 2 aromatic carbocycles. The Balaban J connectivity index is 1.79. The van der Waals surface area contributed by atoms with Gasteiger partial charge in [-0.15, -0.1) is 13.9 Å². The van der Waals surface area contributed by atoms with Gasteiger partial charge in [0.05, 0.1) is 0 Å². The van der Waals surface area contributed by atoms with Gasteiger partial charge in [0.2, 0.25) is 0 Å². The first-order valence-electron chi connectivity index (χ1n) is 7.29. The molecular formula is C17H10F2N4O2. The number of hydrogen-bond donors (Lipinski definition) is 1. The molecule has 0 saturated heterocycles. The summed E-state index contributed by atoms with van der Waals surface area (Å²) in [5.41, 5.74) is 3.74. The molecule has 4 rings (SSSR count). The van der Waals surface area contributed by atoms with E-state index in [9.17, 15) is 8.78 Å². The largest absolute Gasteiger partial charge is 0.586 e. The Morgan fingerprint density at radius 3 is 2.60 bits per heavy atom. The first kappa shape index (κ1) is 15.1. The van der Waals surface area contributed by atoms with Gasteiger partial charge in [0.15, 0.2) is 17.2 Å². The summed E-state index contributed by atoms with van der Waals surface area (Å²) in [5, 5.41) is 19.2. The summed E-state index contributed by atoms with van der Waals surface area (Å²) >= 11 is 0. The fourth-order valence-electron chi connectivity index (χ4n) is 2.72. The highest BCUT2D eigenvalue weighted by Crippen LogP contribution is 2.43. The number of nitriles is 1. The van der Waals surface area contributed by atoms with E-state index in [0.717, 1.165) is 11.1 Å². The van der Waals surface area contributed by atoms with Gasteiger partial charge in [-0.2, -0.15) is 5.26 Å². The van der Waals surface area contributed by atoms with E-state index in [2.05, 4.69) is 24.9 Å². The molecule has 0 radical (unpaired) electrons. The number of fused-ring (bicyclic) bond motifs is 1. The predicted molar refractivity (Wildman–Crippen MR) is 82.9 cm³/mol. The average Bonchev–Trinajstić information content (AvgIpc) is 3.15. The average molecular weight is 340 g/mol. The molecule has 1 aromatic heterocycles. The Morgan fingerprint density at radius 2 is 1.80 bits per heavy atom. The van der Waals surface area contributed by atoms with Gasteiger partial charge in [0, 0.05) is 5.56 Å². The van der Waals surface area contributed by atoms with Gasteiger partial charge in [-0.25, -0.2) is 5.10 Å². The zero-order chi connectivity index (χ0) is 17.6. The van der Waals surface area contributed by atoms with E-state index in [1.165, 1.54) is 12.1 Å². The van der Waals surface area contributed by atoms with Crippen LogP contribution in [0.5, 0.6) is 11.5 Å². The van der Waals surface area contributed by atoms with Crippen LogP contribution in [0.1, 0.15) is 11.3 Å². The Hall–Kier alpha value is -3.47. The minimum atomic E-state index is -3.65. The molecule has 0 bridgehead atoms. The lowest BCUT2D eigenvalue weighted by molar-refractivity contribution is -0.286. The number of alkyl halides is 2. The zero-order valence-corrected chi connectivity index (χ0v) is 12.9. The van der Waals surface area contributed by atoms with Crippen LogP contribution in [0.15, 0.2) is 36.4 Å². The van der Waals surface area contributed by atoms with Crippen LogP contribution in [0.25, 0.3) is 22.4 Å². The van der Waals surface area contributed by atoms with Crippen molar-refractivity contribution < 1.29 is 18.3 Å². The normalized spacial score (nSPS) is 14.3. The number of rotatable bonds is 2. The van der Waals surface area contributed by atoms with Crippen LogP contribution in [0, 0.1) is 18.3 Å². The Morgan fingerprint density at radius 1 is 1.04 bits per heavy atom. The molecule has 2 heterocycles. The van der Waals surface area contributed by atoms with Gasteiger partial charge in [-0.3, -0.25) is 0 Å². The highest BCUT2D eigenvalue weighted by atomic mass is 19.3. The van der Waals surface area contributed by atoms with E-state index < -0.39 is 6.29 Å². The SMILES string of the molecule is Cc1cc(-c2ccc3c(c2)OC(F)(F)O3)cc(-c2nn[nH]c2C#N)c1. The summed E-state index contributed by atoms with van der Waals surface area (Å²) in [7, 11) is 0. The predicted octanol–water partition coefficient (Wildman–Crippen LogP) is 3.64. The number of nitrogens with one attached hydrogen (secondary N) is 1. The van der Waals surface area contributed by atoms with Gasteiger partial charge in [-0.05, 0) is 47.9 Å². The summed E-state index contributed by atoms with van der Waals surface area (Å²) in [5.74, 6) is -0.0328. The second kappa shape index (κ2) is 5.27. The van der Waals surface area contributed by atoms with Crippen molar-refractivity contribution in [1.82, 2.24) is 15.4 Å². The molecule has 0 aliphatic carbocycles. The van der Waals surface area contributed by atoms with Crippen molar-refractivity contribution in [2.75, 3.05) is 0 Å². The number of benzene rings is 2. The van der Waals surface area contributed by atoms with Crippen molar-refractivity contribution in [2.45, 2.75) is 13.2 Å².